The lowest BCUT2D eigenvalue weighted by Crippen LogP contribution is -2.50. The minimum atomic E-state index is -0.886. The SMILES string of the molecule is CN1CC(C(=O)O)NN=C1c1ccccc1. The van der Waals surface area contributed by atoms with Crippen LogP contribution in [0.2, 0.25) is 0 Å². The molecule has 1 atom stereocenters. The van der Waals surface area contributed by atoms with Gasteiger partial charge in [-0.25, -0.2) is 4.79 Å². The third-order valence-corrected chi connectivity index (χ3v) is 2.47. The third kappa shape index (κ3) is 1.98. The molecule has 0 saturated carbocycles. The van der Waals surface area contributed by atoms with Crippen molar-refractivity contribution in [3.05, 3.63) is 35.9 Å². The van der Waals surface area contributed by atoms with Gasteiger partial charge >= 0.3 is 5.97 Å². The number of rotatable bonds is 2. The van der Waals surface area contributed by atoms with Crippen LogP contribution in [-0.4, -0.2) is 41.4 Å². The van der Waals surface area contributed by atoms with E-state index in [9.17, 15) is 4.79 Å². The van der Waals surface area contributed by atoms with Gasteiger partial charge in [0.2, 0.25) is 0 Å². The fourth-order valence-electron chi connectivity index (χ4n) is 1.63. The van der Waals surface area contributed by atoms with Crippen LogP contribution in [0.1, 0.15) is 5.56 Å². The van der Waals surface area contributed by atoms with Crippen LogP contribution in [0.4, 0.5) is 0 Å². The molecule has 1 aliphatic heterocycles. The van der Waals surface area contributed by atoms with Gasteiger partial charge < -0.3 is 10.0 Å². The van der Waals surface area contributed by atoms with Gasteiger partial charge in [-0.05, 0) is 0 Å². The highest BCUT2D eigenvalue weighted by molar-refractivity contribution is 5.99. The number of hydrogen-bond donors (Lipinski definition) is 2. The zero-order valence-corrected chi connectivity index (χ0v) is 8.92. The molecule has 1 aromatic rings. The van der Waals surface area contributed by atoms with Gasteiger partial charge in [0.1, 0.15) is 0 Å². The summed E-state index contributed by atoms with van der Waals surface area (Å²) in [6.45, 7) is 0.406. The molecule has 16 heavy (non-hydrogen) atoms. The largest absolute Gasteiger partial charge is 0.480 e. The third-order valence-electron chi connectivity index (χ3n) is 2.47. The summed E-state index contributed by atoms with van der Waals surface area (Å²) in [5, 5.41) is 12.9. The van der Waals surface area contributed by atoms with E-state index in [-0.39, 0.29) is 0 Å². The van der Waals surface area contributed by atoms with Crippen LogP contribution in [0.25, 0.3) is 0 Å². The molecule has 1 aromatic carbocycles. The maximum absolute atomic E-state index is 10.8. The van der Waals surface area contributed by atoms with Gasteiger partial charge in [0.25, 0.3) is 0 Å². The molecule has 1 unspecified atom stereocenters. The quantitative estimate of drug-likeness (QED) is 0.752. The second-order valence-corrected chi connectivity index (χ2v) is 3.70. The van der Waals surface area contributed by atoms with E-state index in [1.165, 1.54) is 0 Å². The molecule has 5 heteroatoms. The van der Waals surface area contributed by atoms with Crippen LogP contribution < -0.4 is 5.43 Å². The predicted molar refractivity (Wildman–Crippen MR) is 60.2 cm³/mol. The van der Waals surface area contributed by atoms with E-state index in [2.05, 4.69) is 10.5 Å². The maximum Gasteiger partial charge on any atom is 0.329 e. The molecule has 0 radical (unpaired) electrons. The van der Waals surface area contributed by atoms with Gasteiger partial charge in [-0.1, -0.05) is 30.3 Å². The van der Waals surface area contributed by atoms with E-state index in [4.69, 9.17) is 5.11 Å². The van der Waals surface area contributed by atoms with Crippen molar-refractivity contribution < 1.29 is 9.90 Å². The summed E-state index contributed by atoms with van der Waals surface area (Å²) in [6.07, 6.45) is 0. The Morgan fingerprint density at radius 2 is 2.19 bits per heavy atom. The number of nitrogens with one attached hydrogen (secondary N) is 1. The molecule has 0 bridgehead atoms. The van der Waals surface area contributed by atoms with Gasteiger partial charge in [-0.3, -0.25) is 5.43 Å². The van der Waals surface area contributed by atoms with Gasteiger partial charge in [-0.15, -0.1) is 0 Å². The zero-order valence-electron chi connectivity index (χ0n) is 8.92. The van der Waals surface area contributed by atoms with Crippen LogP contribution in [0.3, 0.4) is 0 Å². The van der Waals surface area contributed by atoms with Crippen LogP contribution >= 0.6 is 0 Å². The Hall–Kier alpha value is -2.04. The van der Waals surface area contributed by atoms with Crippen molar-refractivity contribution in [2.45, 2.75) is 6.04 Å². The number of benzene rings is 1. The van der Waals surface area contributed by atoms with Crippen LogP contribution in [0.5, 0.6) is 0 Å². The van der Waals surface area contributed by atoms with E-state index in [1.54, 1.807) is 0 Å². The monoisotopic (exact) mass is 219 g/mol. The molecular weight excluding hydrogens is 206 g/mol. The van der Waals surface area contributed by atoms with Gasteiger partial charge in [-0.2, -0.15) is 5.10 Å². The summed E-state index contributed by atoms with van der Waals surface area (Å²) >= 11 is 0. The van der Waals surface area contributed by atoms with E-state index in [0.29, 0.717) is 6.54 Å². The smallest absolute Gasteiger partial charge is 0.329 e. The van der Waals surface area contributed by atoms with Gasteiger partial charge in [0.15, 0.2) is 11.9 Å². The second kappa shape index (κ2) is 4.22. The van der Waals surface area contributed by atoms with Gasteiger partial charge in [0, 0.05) is 12.6 Å². The van der Waals surface area contributed by atoms with Crippen molar-refractivity contribution in [1.82, 2.24) is 10.3 Å². The van der Waals surface area contributed by atoms with Crippen molar-refractivity contribution in [1.29, 1.82) is 0 Å². The Labute approximate surface area is 93.4 Å². The Balaban J connectivity index is 2.22. The molecule has 5 nitrogen and oxygen atoms in total. The fraction of sp³-hybridized carbons (Fsp3) is 0.273. The molecule has 0 spiro atoms. The molecule has 1 heterocycles. The Bertz CT molecular complexity index is 416. The summed E-state index contributed by atoms with van der Waals surface area (Å²) in [6, 6.07) is 9.03. The number of carboxylic acids is 1. The molecule has 0 aliphatic carbocycles. The minimum Gasteiger partial charge on any atom is -0.480 e. The Morgan fingerprint density at radius 3 is 2.75 bits per heavy atom. The summed E-state index contributed by atoms with van der Waals surface area (Å²) in [5.74, 6) is -0.124. The number of hydrogen-bond acceptors (Lipinski definition) is 4. The van der Waals surface area contributed by atoms with Crippen LogP contribution in [0, 0.1) is 0 Å². The van der Waals surface area contributed by atoms with E-state index in [1.807, 2.05) is 42.3 Å². The number of aliphatic carboxylic acids is 1. The van der Waals surface area contributed by atoms with Crippen molar-refractivity contribution in [2.75, 3.05) is 13.6 Å². The molecule has 0 saturated heterocycles. The number of hydrazone groups is 1. The first kappa shape index (κ1) is 10.5. The lowest BCUT2D eigenvalue weighted by Gasteiger charge is -2.29. The summed E-state index contributed by atoms with van der Waals surface area (Å²) in [7, 11) is 1.84. The van der Waals surface area contributed by atoms with Crippen molar-refractivity contribution in [3.63, 3.8) is 0 Å². The summed E-state index contributed by atoms with van der Waals surface area (Å²) < 4.78 is 0. The fourth-order valence-corrected chi connectivity index (χ4v) is 1.63. The van der Waals surface area contributed by atoms with Gasteiger partial charge in [0.05, 0.1) is 6.54 Å². The zero-order chi connectivity index (χ0) is 11.5. The molecular formula is C11H13N3O2. The molecule has 2 rings (SSSR count). The van der Waals surface area contributed by atoms with Crippen molar-refractivity contribution in [3.8, 4) is 0 Å². The van der Waals surface area contributed by atoms with Crippen molar-refractivity contribution in [2.24, 2.45) is 5.10 Å². The van der Waals surface area contributed by atoms with E-state index in [0.717, 1.165) is 11.4 Å². The first-order chi connectivity index (χ1) is 7.68. The molecule has 0 amide bonds. The first-order valence-electron chi connectivity index (χ1n) is 5.01. The molecule has 84 valence electrons. The average Bonchev–Trinajstić information content (AvgIpc) is 2.30. The predicted octanol–water partition coefficient (Wildman–Crippen LogP) is 0.336. The normalized spacial score (nSPS) is 19.9. The number of carboxylic acid groups (broad SMARTS) is 1. The lowest BCUT2D eigenvalue weighted by atomic mass is 10.1. The van der Waals surface area contributed by atoms with Crippen molar-refractivity contribution >= 4 is 11.8 Å². The number of nitrogens with zero attached hydrogens (tertiary/aromatic N) is 2. The summed E-state index contributed by atoms with van der Waals surface area (Å²) in [4.78, 5) is 12.6. The molecule has 2 N–H and O–H groups in total. The number of likely N-dealkylation sites (N-methyl/N-ethyl adjacent to an activating group) is 1. The summed E-state index contributed by atoms with van der Waals surface area (Å²) in [5.41, 5.74) is 3.62. The molecule has 0 aromatic heterocycles. The lowest BCUT2D eigenvalue weighted by molar-refractivity contribution is -0.139. The first-order valence-corrected chi connectivity index (χ1v) is 5.01. The standard InChI is InChI=1S/C11H13N3O2/c1-14-7-9(11(15)16)12-13-10(14)8-5-3-2-4-6-8/h2-6,9,12H,7H2,1H3,(H,15,16). The van der Waals surface area contributed by atoms with E-state index >= 15 is 0 Å². The Morgan fingerprint density at radius 1 is 1.50 bits per heavy atom. The number of amidine groups is 1. The topological polar surface area (TPSA) is 64.9 Å². The maximum atomic E-state index is 10.8. The van der Waals surface area contributed by atoms with E-state index < -0.39 is 12.0 Å². The minimum absolute atomic E-state index is 0.406. The highest BCUT2D eigenvalue weighted by atomic mass is 16.4. The highest BCUT2D eigenvalue weighted by Gasteiger charge is 2.25. The molecule has 0 fully saturated rings. The van der Waals surface area contributed by atoms with Crippen LogP contribution in [0.15, 0.2) is 35.4 Å². The molecule has 1 aliphatic rings. The second-order valence-electron chi connectivity index (χ2n) is 3.70. The van der Waals surface area contributed by atoms with Crippen LogP contribution in [-0.2, 0) is 4.79 Å². The highest BCUT2D eigenvalue weighted by Crippen LogP contribution is 2.08. The average molecular weight is 219 g/mol. The number of carbonyl (C=O) groups is 1. The Kier molecular flexibility index (Phi) is 2.76.